The lowest BCUT2D eigenvalue weighted by atomic mass is 10.2. The molecule has 7 nitrogen and oxygen atoms in total. The first kappa shape index (κ1) is 19.8. The highest BCUT2D eigenvalue weighted by atomic mass is 35.5. The highest BCUT2D eigenvalue weighted by Crippen LogP contribution is 2.37. The lowest BCUT2D eigenvalue weighted by Gasteiger charge is -2.40. The van der Waals surface area contributed by atoms with Crippen LogP contribution in [-0.4, -0.2) is 64.3 Å². The minimum Gasteiger partial charge on any atom is -0.476 e. The zero-order valence-electron chi connectivity index (χ0n) is 16.0. The van der Waals surface area contributed by atoms with E-state index >= 15 is 0 Å². The van der Waals surface area contributed by atoms with Gasteiger partial charge in [0.2, 0.25) is 10.0 Å². The second-order valence-electron chi connectivity index (χ2n) is 7.16. The van der Waals surface area contributed by atoms with Gasteiger partial charge in [0.05, 0.1) is 18.5 Å². The van der Waals surface area contributed by atoms with Gasteiger partial charge in [-0.05, 0) is 30.3 Å². The van der Waals surface area contributed by atoms with Gasteiger partial charge in [-0.25, -0.2) is 8.42 Å². The second-order valence-corrected chi connectivity index (χ2v) is 9.50. The van der Waals surface area contributed by atoms with Crippen LogP contribution in [0.3, 0.4) is 0 Å². The van der Waals surface area contributed by atoms with Crippen LogP contribution in [0.25, 0.3) is 0 Å². The van der Waals surface area contributed by atoms with Gasteiger partial charge in [0, 0.05) is 36.9 Å². The molecule has 0 bridgehead atoms. The number of anilines is 2. The number of para-hydroxylation sites is 1. The third-order valence-corrected chi connectivity index (χ3v) is 6.56. The van der Waals surface area contributed by atoms with E-state index in [2.05, 4.69) is 4.90 Å². The van der Waals surface area contributed by atoms with E-state index in [0.29, 0.717) is 42.6 Å². The third-order valence-electron chi connectivity index (χ3n) is 5.18. The van der Waals surface area contributed by atoms with Crippen molar-refractivity contribution in [3.05, 3.63) is 53.6 Å². The van der Waals surface area contributed by atoms with Crippen molar-refractivity contribution in [2.24, 2.45) is 0 Å². The lowest BCUT2D eigenvalue weighted by Crippen LogP contribution is -2.56. The van der Waals surface area contributed by atoms with E-state index in [1.54, 1.807) is 17.0 Å². The Kier molecular flexibility index (Phi) is 5.31. The van der Waals surface area contributed by atoms with Crippen molar-refractivity contribution in [1.82, 2.24) is 4.90 Å². The molecule has 0 aromatic heterocycles. The fourth-order valence-electron chi connectivity index (χ4n) is 3.69. The first-order valence-electron chi connectivity index (χ1n) is 9.35. The Labute approximate surface area is 175 Å². The Balaban J connectivity index is 1.49. The average Bonchev–Trinajstić information content (AvgIpc) is 2.72. The van der Waals surface area contributed by atoms with E-state index in [9.17, 15) is 13.2 Å². The number of hydrogen-bond donors (Lipinski definition) is 0. The van der Waals surface area contributed by atoms with Crippen molar-refractivity contribution >= 4 is 38.9 Å². The Morgan fingerprint density at radius 3 is 2.41 bits per heavy atom. The molecule has 2 aliphatic heterocycles. The zero-order chi connectivity index (χ0) is 20.6. The fraction of sp³-hybridized carbons (Fsp3) is 0.350. The number of carbonyl (C=O) groups is 1. The van der Waals surface area contributed by atoms with E-state index in [-0.39, 0.29) is 12.5 Å². The molecule has 2 aliphatic rings. The molecule has 1 atom stereocenters. The summed E-state index contributed by atoms with van der Waals surface area (Å²) in [6.45, 7) is 2.47. The van der Waals surface area contributed by atoms with E-state index < -0.39 is 16.1 Å². The molecule has 2 aromatic carbocycles. The maximum Gasteiger partial charge on any atom is 0.265 e. The van der Waals surface area contributed by atoms with Crippen molar-refractivity contribution in [2.75, 3.05) is 48.2 Å². The second kappa shape index (κ2) is 7.76. The molecular weight excluding hydrogens is 414 g/mol. The normalized spacial score (nSPS) is 19.5. The molecule has 2 aromatic rings. The smallest absolute Gasteiger partial charge is 0.265 e. The molecule has 0 unspecified atom stereocenters. The standard InChI is InChI=1S/C20H22ClN3O4S/c1-29(26,27)24-14-19(28-18-8-7-15(21)13-17(18)24)20(25)23-11-9-22(10-12-23)16-5-3-2-4-6-16/h2-8,13,19H,9-12,14H2,1H3/t19-/m0/s1. The number of ether oxygens (including phenoxy) is 1. The van der Waals surface area contributed by atoms with Crippen molar-refractivity contribution in [1.29, 1.82) is 0 Å². The van der Waals surface area contributed by atoms with Crippen LogP contribution in [-0.2, 0) is 14.8 Å². The van der Waals surface area contributed by atoms with Crippen LogP contribution in [0.4, 0.5) is 11.4 Å². The summed E-state index contributed by atoms with van der Waals surface area (Å²) in [5.41, 5.74) is 1.49. The largest absolute Gasteiger partial charge is 0.476 e. The molecule has 2 heterocycles. The first-order valence-corrected chi connectivity index (χ1v) is 11.6. The van der Waals surface area contributed by atoms with Crippen molar-refractivity contribution < 1.29 is 17.9 Å². The number of fused-ring (bicyclic) bond motifs is 1. The van der Waals surface area contributed by atoms with Gasteiger partial charge in [0.15, 0.2) is 6.10 Å². The molecule has 0 saturated carbocycles. The van der Waals surface area contributed by atoms with Crippen molar-refractivity contribution in [2.45, 2.75) is 6.10 Å². The zero-order valence-corrected chi connectivity index (χ0v) is 17.6. The van der Waals surface area contributed by atoms with Crippen LogP contribution in [0, 0.1) is 0 Å². The molecule has 4 rings (SSSR count). The highest BCUT2D eigenvalue weighted by molar-refractivity contribution is 7.92. The summed E-state index contributed by atoms with van der Waals surface area (Å²) in [7, 11) is -3.58. The van der Waals surface area contributed by atoms with Crippen LogP contribution < -0.4 is 13.9 Å². The molecule has 0 spiro atoms. The summed E-state index contributed by atoms with van der Waals surface area (Å²) in [4.78, 5) is 17.0. The number of sulfonamides is 1. The topological polar surface area (TPSA) is 70.2 Å². The first-order chi connectivity index (χ1) is 13.8. The molecule has 0 radical (unpaired) electrons. The van der Waals surface area contributed by atoms with Gasteiger partial charge in [-0.15, -0.1) is 0 Å². The number of hydrogen-bond acceptors (Lipinski definition) is 5. The summed E-state index contributed by atoms with van der Waals surface area (Å²) in [6.07, 6.45) is 0.227. The van der Waals surface area contributed by atoms with E-state index in [1.165, 1.54) is 10.4 Å². The summed E-state index contributed by atoms with van der Waals surface area (Å²) in [5, 5.41) is 0.405. The predicted octanol–water partition coefficient (Wildman–Crippen LogP) is 2.22. The van der Waals surface area contributed by atoms with Crippen molar-refractivity contribution in [3.8, 4) is 5.75 Å². The van der Waals surface area contributed by atoms with Crippen LogP contribution >= 0.6 is 11.6 Å². The van der Waals surface area contributed by atoms with Crippen LogP contribution in [0.2, 0.25) is 5.02 Å². The van der Waals surface area contributed by atoms with Crippen molar-refractivity contribution in [3.63, 3.8) is 0 Å². The van der Waals surface area contributed by atoms with E-state index in [0.717, 1.165) is 11.9 Å². The van der Waals surface area contributed by atoms with E-state index in [1.807, 2.05) is 30.3 Å². The van der Waals surface area contributed by atoms with Gasteiger partial charge in [-0.2, -0.15) is 0 Å². The van der Waals surface area contributed by atoms with Gasteiger partial charge < -0.3 is 14.5 Å². The van der Waals surface area contributed by atoms with Gasteiger partial charge in [-0.1, -0.05) is 29.8 Å². The number of amides is 1. The number of carbonyl (C=O) groups excluding carboxylic acids is 1. The van der Waals surface area contributed by atoms with Gasteiger partial charge in [-0.3, -0.25) is 9.10 Å². The summed E-state index contributed by atoms with van der Waals surface area (Å²) < 4.78 is 31.7. The van der Waals surface area contributed by atoms with Gasteiger partial charge in [0.1, 0.15) is 5.75 Å². The number of rotatable bonds is 3. The van der Waals surface area contributed by atoms with Gasteiger partial charge >= 0.3 is 0 Å². The summed E-state index contributed by atoms with van der Waals surface area (Å²) in [5.74, 6) is 0.138. The molecule has 29 heavy (non-hydrogen) atoms. The molecule has 154 valence electrons. The molecule has 0 N–H and O–H groups in total. The molecule has 0 aliphatic carbocycles. The van der Waals surface area contributed by atoms with Crippen LogP contribution in [0.1, 0.15) is 0 Å². The predicted molar refractivity (Wildman–Crippen MR) is 113 cm³/mol. The monoisotopic (exact) mass is 435 g/mol. The number of benzene rings is 2. The summed E-state index contributed by atoms with van der Waals surface area (Å²) >= 11 is 6.02. The Morgan fingerprint density at radius 1 is 1.07 bits per heavy atom. The Bertz CT molecular complexity index is 1010. The maximum atomic E-state index is 13.1. The van der Waals surface area contributed by atoms with Crippen LogP contribution in [0.5, 0.6) is 5.75 Å². The van der Waals surface area contributed by atoms with E-state index in [4.69, 9.17) is 16.3 Å². The average molecular weight is 436 g/mol. The van der Waals surface area contributed by atoms with Gasteiger partial charge in [0.25, 0.3) is 5.91 Å². The highest BCUT2D eigenvalue weighted by Gasteiger charge is 2.37. The minimum absolute atomic E-state index is 0.0656. The molecular formula is C20H22ClN3O4S. The summed E-state index contributed by atoms with van der Waals surface area (Å²) in [6, 6.07) is 14.8. The maximum absolute atomic E-state index is 13.1. The Hall–Kier alpha value is -2.45. The number of halogens is 1. The molecule has 1 amide bonds. The SMILES string of the molecule is CS(=O)(=O)N1C[C@@H](C(=O)N2CCN(c3ccccc3)CC2)Oc2ccc(Cl)cc21. The fourth-order valence-corrected chi connectivity index (χ4v) is 4.77. The lowest BCUT2D eigenvalue weighted by molar-refractivity contribution is -0.138. The number of nitrogens with zero attached hydrogens (tertiary/aromatic N) is 3. The minimum atomic E-state index is -3.58. The molecule has 1 fully saturated rings. The molecule has 1 saturated heterocycles. The third kappa shape index (κ3) is 4.13. The molecule has 9 heteroatoms. The van der Waals surface area contributed by atoms with Crippen LogP contribution in [0.15, 0.2) is 48.5 Å². The number of piperazine rings is 1. The Morgan fingerprint density at radius 2 is 1.76 bits per heavy atom. The quantitative estimate of drug-likeness (QED) is 0.739.